The number of hydrogen-bond acceptors (Lipinski definition) is 4. The Morgan fingerprint density at radius 3 is 2.38 bits per heavy atom. The van der Waals surface area contributed by atoms with Crippen LogP contribution in [-0.4, -0.2) is 43.8 Å². The van der Waals surface area contributed by atoms with Crippen LogP contribution in [0.1, 0.15) is 44.4 Å². The van der Waals surface area contributed by atoms with Crippen LogP contribution < -0.4 is 5.32 Å². The second kappa shape index (κ2) is 11.3. The van der Waals surface area contributed by atoms with Crippen LogP contribution in [0.5, 0.6) is 0 Å². The first-order chi connectivity index (χ1) is 17.8. The van der Waals surface area contributed by atoms with Crippen molar-refractivity contribution in [2.45, 2.75) is 51.7 Å². The van der Waals surface area contributed by atoms with Crippen LogP contribution in [0.2, 0.25) is 0 Å². The van der Waals surface area contributed by atoms with Crippen LogP contribution in [0.4, 0.5) is 4.39 Å². The highest BCUT2D eigenvalue weighted by atomic mass is 19.1. The molecular weight excluding hydrogens is 469 g/mol. The second-order valence-corrected chi connectivity index (χ2v) is 9.74. The Hall–Kier alpha value is -4.07. The van der Waals surface area contributed by atoms with Crippen LogP contribution in [0.3, 0.4) is 0 Å². The molecule has 0 aliphatic rings. The maximum absolute atomic E-state index is 13.9. The normalized spacial score (nSPS) is 12.3. The van der Waals surface area contributed by atoms with E-state index in [1.54, 1.807) is 21.7 Å². The molecule has 0 unspecified atom stereocenters. The summed E-state index contributed by atoms with van der Waals surface area (Å²) in [6.45, 7) is 6.06. The van der Waals surface area contributed by atoms with Crippen LogP contribution in [0.15, 0.2) is 78.9 Å². The van der Waals surface area contributed by atoms with Crippen molar-refractivity contribution >= 4 is 22.8 Å². The summed E-state index contributed by atoms with van der Waals surface area (Å²) >= 11 is 0. The quantitative estimate of drug-likeness (QED) is 0.342. The molecule has 4 rings (SSSR count). The highest BCUT2D eigenvalue weighted by Gasteiger charge is 2.34. The van der Waals surface area contributed by atoms with Crippen molar-refractivity contribution in [2.75, 3.05) is 6.54 Å². The minimum absolute atomic E-state index is 0.0859. The molecular formula is C29H32FN5O2. The first-order valence-electron chi connectivity index (χ1n) is 12.5. The number of nitrogens with one attached hydrogen (secondary N) is 1. The minimum Gasteiger partial charge on any atom is -0.349 e. The van der Waals surface area contributed by atoms with Gasteiger partial charge in [0.15, 0.2) is 0 Å². The standard InChI is InChI=1S/C29H32FN5O2/c1-4-29(2,3)31-28(37)27(22-14-16-23(30)17-15-22)34(19-18-21-10-6-5-7-11-21)26(36)20-35-25-13-9-8-12-24(25)32-33-35/h5-17,27H,4,18-20H2,1-3H3,(H,31,37)/t27-/m1/s1. The van der Waals surface area contributed by atoms with Crippen molar-refractivity contribution in [1.82, 2.24) is 25.2 Å². The number of aromatic nitrogens is 3. The molecule has 1 heterocycles. The third kappa shape index (κ3) is 6.39. The van der Waals surface area contributed by atoms with E-state index in [0.29, 0.717) is 23.9 Å². The van der Waals surface area contributed by atoms with Gasteiger partial charge in [0, 0.05) is 12.1 Å². The Balaban J connectivity index is 1.71. The lowest BCUT2D eigenvalue weighted by Crippen LogP contribution is -2.51. The Morgan fingerprint density at radius 1 is 1.00 bits per heavy atom. The first kappa shape index (κ1) is 26.0. The second-order valence-electron chi connectivity index (χ2n) is 9.74. The van der Waals surface area contributed by atoms with Crippen LogP contribution in [0, 0.1) is 5.82 Å². The van der Waals surface area contributed by atoms with E-state index in [4.69, 9.17) is 0 Å². The maximum atomic E-state index is 13.9. The summed E-state index contributed by atoms with van der Waals surface area (Å²) in [6, 6.07) is 22.0. The molecule has 1 N–H and O–H groups in total. The van der Waals surface area contributed by atoms with E-state index in [2.05, 4.69) is 15.6 Å². The van der Waals surface area contributed by atoms with Gasteiger partial charge in [0.25, 0.3) is 0 Å². The molecule has 0 saturated carbocycles. The summed E-state index contributed by atoms with van der Waals surface area (Å²) in [6.07, 6.45) is 1.25. The molecule has 1 aromatic heterocycles. The fourth-order valence-corrected chi connectivity index (χ4v) is 4.15. The lowest BCUT2D eigenvalue weighted by Gasteiger charge is -2.34. The largest absolute Gasteiger partial charge is 0.349 e. The van der Waals surface area contributed by atoms with Gasteiger partial charge in [-0.15, -0.1) is 5.10 Å². The van der Waals surface area contributed by atoms with Crippen LogP contribution in [0.25, 0.3) is 11.0 Å². The molecule has 0 bridgehead atoms. The van der Waals surface area contributed by atoms with Gasteiger partial charge in [-0.3, -0.25) is 9.59 Å². The van der Waals surface area contributed by atoms with Crippen molar-refractivity contribution in [3.8, 4) is 0 Å². The van der Waals surface area contributed by atoms with Gasteiger partial charge in [0.2, 0.25) is 11.8 Å². The van der Waals surface area contributed by atoms with Gasteiger partial charge in [0.05, 0.1) is 5.52 Å². The van der Waals surface area contributed by atoms with Crippen molar-refractivity contribution < 1.29 is 14.0 Å². The smallest absolute Gasteiger partial charge is 0.247 e. The summed E-state index contributed by atoms with van der Waals surface area (Å²) in [4.78, 5) is 29.2. The maximum Gasteiger partial charge on any atom is 0.247 e. The summed E-state index contributed by atoms with van der Waals surface area (Å²) in [5.41, 5.74) is 2.51. The lowest BCUT2D eigenvalue weighted by atomic mass is 9.98. The van der Waals surface area contributed by atoms with E-state index >= 15 is 0 Å². The van der Waals surface area contributed by atoms with Gasteiger partial charge < -0.3 is 10.2 Å². The average Bonchev–Trinajstić information content (AvgIpc) is 3.30. The predicted octanol–water partition coefficient (Wildman–Crippen LogP) is 4.69. The molecule has 0 fully saturated rings. The molecule has 2 amide bonds. The molecule has 0 aliphatic heterocycles. The van der Waals surface area contributed by atoms with E-state index < -0.39 is 17.4 Å². The third-order valence-corrected chi connectivity index (χ3v) is 6.60. The Kier molecular flexibility index (Phi) is 7.96. The van der Waals surface area contributed by atoms with Gasteiger partial charge in [-0.1, -0.05) is 66.7 Å². The average molecular weight is 502 g/mol. The number of amides is 2. The monoisotopic (exact) mass is 501 g/mol. The number of nitrogens with zero attached hydrogens (tertiary/aromatic N) is 4. The Morgan fingerprint density at radius 2 is 1.68 bits per heavy atom. The molecule has 1 atom stereocenters. The molecule has 0 radical (unpaired) electrons. The van der Waals surface area contributed by atoms with E-state index in [1.165, 1.54) is 12.1 Å². The summed E-state index contributed by atoms with van der Waals surface area (Å²) < 4.78 is 15.4. The molecule has 3 aromatic carbocycles. The molecule has 4 aromatic rings. The fourth-order valence-electron chi connectivity index (χ4n) is 4.15. The number of rotatable bonds is 10. The number of benzene rings is 3. The van der Waals surface area contributed by atoms with Crippen molar-refractivity contribution in [2.24, 2.45) is 0 Å². The van der Waals surface area contributed by atoms with E-state index in [9.17, 15) is 14.0 Å². The zero-order valence-electron chi connectivity index (χ0n) is 21.4. The Labute approximate surface area is 216 Å². The highest BCUT2D eigenvalue weighted by Crippen LogP contribution is 2.25. The SMILES string of the molecule is CCC(C)(C)NC(=O)[C@@H](c1ccc(F)cc1)N(CCc1ccccc1)C(=O)Cn1nnc2ccccc21. The molecule has 192 valence electrons. The number of halogens is 1. The highest BCUT2D eigenvalue weighted by molar-refractivity contribution is 5.89. The number of hydrogen-bond donors (Lipinski definition) is 1. The number of fused-ring (bicyclic) bond motifs is 1. The van der Waals surface area contributed by atoms with Gasteiger partial charge in [0.1, 0.15) is 23.9 Å². The first-order valence-corrected chi connectivity index (χ1v) is 12.5. The molecule has 8 heteroatoms. The molecule has 0 saturated heterocycles. The van der Waals surface area contributed by atoms with Crippen molar-refractivity contribution in [1.29, 1.82) is 0 Å². The van der Waals surface area contributed by atoms with Crippen LogP contribution >= 0.6 is 0 Å². The fraction of sp³-hybridized carbons (Fsp3) is 0.310. The van der Waals surface area contributed by atoms with Crippen LogP contribution in [-0.2, 0) is 22.6 Å². The van der Waals surface area contributed by atoms with Gasteiger partial charge in [-0.2, -0.15) is 0 Å². The summed E-state index contributed by atoms with van der Waals surface area (Å²) in [7, 11) is 0. The zero-order chi connectivity index (χ0) is 26.4. The van der Waals surface area contributed by atoms with Gasteiger partial charge in [-0.05, 0) is 62.1 Å². The van der Waals surface area contributed by atoms with Crippen molar-refractivity contribution in [3.63, 3.8) is 0 Å². The molecule has 0 spiro atoms. The summed E-state index contributed by atoms with van der Waals surface area (Å²) in [5.74, 6) is -1.01. The Bertz CT molecular complexity index is 1350. The van der Waals surface area contributed by atoms with E-state index in [-0.39, 0.29) is 24.9 Å². The van der Waals surface area contributed by atoms with E-state index in [0.717, 1.165) is 11.1 Å². The molecule has 37 heavy (non-hydrogen) atoms. The van der Waals surface area contributed by atoms with Gasteiger partial charge >= 0.3 is 0 Å². The number of para-hydroxylation sites is 1. The lowest BCUT2D eigenvalue weighted by molar-refractivity contribution is -0.142. The summed E-state index contributed by atoms with van der Waals surface area (Å²) in [5, 5.41) is 11.4. The van der Waals surface area contributed by atoms with E-state index in [1.807, 2.05) is 75.4 Å². The third-order valence-electron chi connectivity index (χ3n) is 6.60. The topological polar surface area (TPSA) is 80.1 Å². The van der Waals surface area contributed by atoms with Crippen molar-refractivity contribution in [3.05, 3.63) is 95.8 Å². The predicted molar refractivity (Wildman–Crippen MR) is 141 cm³/mol. The molecule has 0 aliphatic carbocycles. The number of carbonyl (C=O) groups is 2. The number of carbonyl (C=O) groups excluding carboxylic acids is 2. The minimum atomic E-state index is -0.947. The zero-order valence-corrected chi connectivity index (χ0v) is 21.4. The molecule has 7 nitrogen and oxygen atoms in total. The van der Waals surface area contributed by atoms with Gasteiger partial charge in [-0.25, -0.2) is 9.07 Å².